The van der Waals surface area contributed by atoms with Crippen LogP contribution in [0.1, 0.15) is 36.8 Å². The number of nitrogens with zero attached hydrogens (tertiary/aromatic N) is 2. The van der Waals surface area contributed by atoms with E-state index in [9.17, 15) is 0 Å². The molecule has 0 bridgehead atoms. The third-order valence-electron chi connectivity index (χ3n) is 4.83. The Balaban J connectivity index is 0.00000392. The molecule has 2 N–H and O–H groups in total. The Hall–Kier alpha value is -1.06. The first-order valence-electron chi connectivity index (χ1n) is 10.1. The first-order chi connectivity index (χ1) is 13.2. The van der Waals surface area contributed by atoms with E-state index in [4.69, 9.17) is 9.47 Å². The minimum absolute atomic E-state index is 0. The molecular weight excluding hydrogens is 467 g/mol. The molecule has 1 fully saturated rings. The van der Waals surface area contributed by atoms with Gasteiger partial charge in [-0.05, 0) is 63.9 Å². The summed E-state index contributed by atoms with van der Waals surface area (Å²) in [5.74, 6) is 1.74. The zero-order chi connectivity index (χ0) is 19.3. The van der Waals surface area contributed by atoms with Gasteiger partial charge in [-0.15, -0.1) is 24.0 Å². The highest BCUT2D eigenvalue weighted by Crippen LogP contribution is 2.20. The number of rotatable bonds is 11. The van der Waals surface area contributed by atoms with Gasteiger partial charge in [-0.2, -0.15) is 0 Å². The van der Waals surface area contributed by atoms with Crippen LogP contribution in [-0.2, 0) is 11.3 Å². The van der Waals surface area contributed by atoms with Crippen LogP contribution < -0.4 is 15.4 Å². The van der Waals surface area contributed by atoms with Crippen molar-refractivity contribution in [1.82, 2.24) is 15.5 Å². The van der Waals surface area contributed by atoms with E-state index in [2.05, 4.69) is 45.6 Å². The smallest absolute Gasteiger partial charge is 0.191 e. The summed E-state index contributed by atoms with van der Waals surface area (Å²) in [4.78, 5) is 6.89. The lowest BCUT2D eigenvalue weighted by molar-refractivity contribution is 0.145. The highest BCUT2D eigenvalue weighted by molar-refractivity contribution is 14.0. The van der Waals surface area contributed by atoms with Crippen LogP contribution in [0.3, 0.4) is 0 Å². The third kappa shape index (κ3) is 9.43. The van der Waals surface area contributed by atoms with Crippen LogP contribution in [0, 0.1) is 6.92 Å². The molecule has 0 aliphatic carbocycles. The van der Waals surface area contributed by atoms with Gasteiger partial charge in [-0.25, -0.2) is 0 Å². The van der Waals surface area contributed by atoms with Crippen molar-refractivity contribution in [2.75, 3.05) is 53.6 Å². The van der Waals surface area contributed by atoms with Crippen LogP contribution in [-0.4, -0.2) is 64.4 Å². The molecule has 0 amide bonds. The summed E-state index contributed by atoms with van der Waals surface area (Å²) < 4.78 is 10.9. The Morgan fingerprint density at radius 3 is 2.64 bits per heavy atom. The van der Waals surface area contributed by atoms with E-state index in [-0.39, 0.29) is 24.0 Å². The number of nitrogens with one attached hydrogen (secondary N) is 2. The van der Waals surface area contributed by atoms with Gasteiger partial charge in [0.2, 0.25) is 0 Å². The third-order valence-corrected chi connectivity index (χ3v) is 4.83. The monoisotopic (exact) mass is 504 g/mol. The number of guanidine groups is 1. The molecule has 1 aromatic carbocycles. The maximum absolute atomic E-state index is 5.86. The number of likely N-dealkylation sites (tertiary alicyclic amines) is 1. The molecule has 1 heterocycles. The quantitative estimate of drug-likeness (QED) is 0.210. The summed E-state index contributed by atoms with van der Waals surface area (Å²) >= 11 is 0. The molecule has 160 valence electrons. The fraction of sp³-hybridized carbons (Fsp3) is 0.667. The summed E-state index contributed by atoms with van der Waals surface area (Å²) in [5, 5.41) is 6.79. The van der Waals surface area contributed by atoms with Crippen LogP contribution in [0.5, 0.6) is 5.75 Å². The molecule has 1 saturated heterocycles. The van der Waals surface area contributed by atoms with Crippen molar-refractivity contribution in [2.45, 2.75) is 39.2 Å². The van der Waals surface area contributed by atoms with E-state index in [1.54, 1.807) is 7.11 Å². The molecule has 1 aromatic rings. The molecule has 0 unspecified atom stereocenters. The van der Waals surface area contributed by atoms with Gasteiger partial charge >= 0.3 is 0 Å². The van der Waals surface area contributed by atoms with E-state index in [0.29, 0.717) is 19.8 Å². The predicted octanol–water partition coefficient (Wildman–Crippen LogP) is 3.18. The van der Waals surface area contributed by atoms with Gasteiger partial charge in [0, 0.05) is 32.8 Å². The number of hydrogen-bond acceptors (Lipinski definition) is 4. The van der Waals surface area contributed by atoms with Crippen molar-refractivity contribution in [3.63, 3.8) is 0 Å². The summed E-state index contributed by atoms with van der Waals surface area (Å²) in [6.45, 7) is 8.61. The zero-order valence-electron chi connectivity index (χ0n) is 17.6. The zero-order valence-corrected chi connectivity index (χ0v) is 20.0. The average Bonchev–Trinajstić information content (AvgIpc) is 3.19. The lowest BCUT2D eigenvalue weighted by Crippen LogP contribution is -2.37. The topological polar surface area (TPSA) is 58.1 Å². The minimum Gasteiger partial charge on any atom is -0.491 e. The van der Waals surface area contributed by atoms with Gasteiger partial charge in [-0.1, -0.05) is 12.1 Å². The van der Waals surface area contributed by atoms with Crippen LogP contribution >= 0.6 is 24.0 Å². The second-order valence-corrected chi connectivity index (χ2v) is 7.06. The van der Waals surface area contributed by atoms with Crippen LogP contribution in [0.15, 0.2) is 23.2 Å². The number of hydrogen-bond donors (Lipinski definition) is 2. The molecule has 0 spiro atoms. The highest BCUT2D eigenvalue weighted by atomic mass is 127. The van der Waals surface area contributed by atoms with Crippen molar-refractivity contribution in [3.05, 3.63) is 29.3 Å². The fourth-order valence-electron chi connectivity index (χ4n) is 3.25. The Bertz CT molecular complexity index is 578. The largest absolute Gasteiger partial charge is 0.491 e. The van der Waals surface area contributed by atoms with Gasteiger partial charge in [0.25, 0.3) is 0 Å². The van der Waals surface area contributed by atoms with Gasteiger partial charge in [0.1, 0.15) is 12.4 Å². The van der Waals surface area contributed by atoms with E-state index in [0.717, 1.165) is 30.2 Å². The average molecular weight is 504 g/mol. The van der Waals surface area contributed by atoms with Gasteiger partial charge in [0.05, 0.1) is 6.61 Å². The minimum atomic E-state index is 0. The number of unbranched alkanes of at least 4 members (excludes halogenated alkanes) is 1. The van der Waals surface area contributed by atoms with E-state index in [1.807, 2.05) is 7.05 Å². The molecule has 1 aliphatic rings. The molecule has 0 atom stereocenters. The molecule has 7 heteroatoms. The lowest BCUT2D eigenvalue weighted by Gasteiger charge is -2.16. The predicted molar refractivity (Wildman–Crippen MR) is 127 cm³/mol. The Morgan fingerprint density at radius 2 is 1.93 bits per heavy atom. The van der Waals surface area contributed by atoms with Crippen molar-refractivity contribution in [1.29, 1.82) is 0 Å². The van der Waals surface area contributed by atoms with Crippen molar-refractivity contribution in [3.8, 4) is 5.75 Å². The molecular formula is C21H37IN4O2. The molecule has 28 heavy (non-hydrogen) atoms. The van der Waals surface area contributed by atoms with E-state index >= 15 is 0 Å². The molecule has 0 aromatic heterocycles. The maximum atomic E-state index is 5.86. The molecule has 6 nitrogen and oxygen atoms in total. The number of halogens is 1. The SMILES string of the molecule is CN=C(NCCCCN1CCCC1)NCc1ccc(C)cc1OCCOC.I. The van der Waals surface area contributed by atoms with Gasteiger partial charge in [0.15, 0.2) is 5.96 Å². The standard InChI is InChI=1S/C21H36N4O2.HI/c1-18-8-9-19(20(16-18)27-15-14-26-3)17-24-21(22-2)23-10-4-5-11-25-12-6-7-13-25;/h8-9,16H,4-7,10-15,17H2,1-3H3,(H2,22,23,24);1H. The Kier molecular flexibility index (Phi) is 13.3. The van der Waals surface area contributed by atoms with Gasteiger partial charge < -0.3 is 25.0 Å². The second-order valence-electron chi connectivity index (χ2n) is 7.06. The highest BCUT2D eigenvalue weighted by Gasteiger charge is 2.10. The van der Waals surface area contributed by atoms with Crippen molar-refractivity contribution < 1.29 is 9.47 Å². The van der Waals surface area contributed by atoms with Crippen LogP contribution in [0.4, 0.5) is 0 Å². The Labute approximate surface area is 187 Å². The first-order valence-corrected chi connectivity index (χ1v) is 10.1. The summed E-state index contributed by atoms with van der Waals surface area (Å²) in [6.07, 6.45) is 5.13. The molecule has 0 radical (unpaired) electrons. The molecule has 1 aliphatic heterocycles. The molecule has 0 saturated carbocycles. The van der Waals surface area contributed by atoms with Gasteiger partial charge in [-0.3, -0.25) is 4.99 Å². The van der Waals surface area contributed by atoms with Crippen molar-refractivity contribution in [2.24, 2.45) is 4.99 Å². The number of benzene rings is 1. The Morgan fingerprint density at radius 1 is 1.14 bits per heavy atom. The summed E-state index contributed by atoms with van der Waals surface area (Å²) in [6, 6.07) is 6.28. The lowest BCUT2D eigenvalue weighted by atomic mass is 10.1. The normalized spacial score (nSPS) is 14.6. The number of aliphatic imine (C=N–C) groups is 1. The first kappa shape index (κ1) is 25.0. The second kappa shape index (κ2) is 14.9. The maximum Gasteiger partial charge on any atom is 0.191 e. The van der Waals surface area contributed by atoms with E-state index < -0.39 is 0 Å². The summed E-state index contributed by atoms with van der Waals surface area (Å²) in [7, 11) is 3.49. The van der Waals surface area contributed by atoms with Crippen LogP contribution in [0.25, 0.3) is 0 Å². The number of methoxy groups -OCH3 is 1. The summed E-state index contributed by atoms with van der Waals surface area (Å²) in [5.41, 5.74) is 2.31. The molecule has 2 rings (SSSR count). The van der Waals surface area contributed by atoms with Crippen molar-refractivity contribution >= 4 is 29.9 Å². The number of ether oxygens (including phenoxy) is 2. The van der Waals surface area contributed by atoms with E-state index in [1.165, 1.54) is 44.5 Å². The van der Waals surface area contributed by atoms with Crippen LogP contribution in [0.2, 0.25) is 0 Å². The number of aryl methyl sites for hydroxylation is 1. The fourth-order valence-corrected chi connectivity index (χ4v) is 3.25.